The molecule has 0 fully saturated rings. The molecule has 1 unspecified atom stereocenters. The highest BCUT2D eigenvalue weighted by Gasteiger charge is 2.20. The maximum atomic E-state index is 12.3. The first-order chi connectivity index (χ1) is 9.32. The first-order valence-electron chi connectivity index (χ1n) is 6.54. The van der Waals surface area contributed by atoms with E-state index in [9.17, 15) is 9.59 Å². The monoisotopic (exact) mass is 279 g/mol. The summed E-state index contributed by atoms with van der Waals surface area (Å²) in [5.74, 6) is -0.418. The largest absolute Gasteiger partial charge is 0.482 e. The molecular weight excluding hydrogens is 258 g/mol. The number of nitrogens with zero attached hydrogens (tertiary/aromatic N) is 1. The van der Waals surface area contributed by atoms with Crippen molar-refractivity contribution in [2.45, 2.75) is 26.8 Å². The molecule has 0 heterocycles. The van der Waals surface area contributed by atoms with E-state index < -0.39 is 12.6 Å². The first-order valence-corrected chi connectivity index (χ1v) is 6.54. The number of hydrogen-bond acceptors (Lipinski definition) is 3. The molecular formula is C15H21NO4. The summed E-state index contributed by atoms with van der Waals surface area (Å²) < 4.78 is 5.08. The van der Waals surface area contributed by atoms with Crippen LogP contribution in [0.15, 0.2) is 24.3 Å². The normalized spacial score (nSPS) is 12.1. The summed E-state index contributed by atoms with van der Waals surface area (Å²) in [4.78, 5) is 24.5. The predicted octanol–water partition coefficient (Wildman–Crippen LogP) is 2.27. The van der Waals surface area contributed by atoms with Gasteiger partial charge in [0.1, 0.15) is 5.75 Å². The van der Waals surface area contributed by atoms with Gasteiger partial charge in [0, 0.05) is 18.7 Å². The van der Waals surface area contributed by atoms with E-state index in [0.29, 0.717) is 17.2 Å². The van der Waals surface area contributed by atoms with Crippen molar-refractivity contribution in [1.82, 2.24) is 4.90 Å². The van der Waals surface area contributed by atoms with Gasteiger partial charge in [-0.25, -0.2) is 4.79 Å². The van der Waals surface area contributed by atoms with Gasteiger partial charge in [-0.2, -0.15) is 0 Å². The Morgan fingerprint density at radius 3 is 2.50 bits per heavy atom. The molecule has 0 spiro atoms. The third kappa shape index (κ3) is 4.26. The van der Waals surface area contributed by atoms with E-state index in [2.05, 4.69) is 13.8 Å². The average Bonchev–Trinajstić information content (AvgIpc) is 2.42. The molecule has 1 N–H and O–H groups in total. The van der Waals surface area contributed by atoms with Crippen LogP contribution in [0, 0.1) is 5.92 Å². The highest BCUT2D eigenvalue weighted by molar-refractivity contribution is 5.94. The van der Waals surface area contributed by atoms with Crippen LogP contribution in [0.4, 0.5) is 0 Å². The number of carbonyl (C=O) groups is 2. The number of hydrogen-bond donors (Lipinski definition) is 1. The number of carboxylic acids is 1. The van der Waals surface area contributed by atoms with Gasteiger partial charge in [0.05, 0.1) is 0 Å². The van der Waals surface area contributed by atoms with E-state index in [1.165, 1.54) is 0 Å². The molecule has 20 heavy (non-hydrogen) atoms. The van der Waals surface area contributed by atoms with Gasteiger partial charge < -0.3 is 14.7 Å². The summed E-state index contributed by atoms with van der Waals surface area (Å²) in [6.45, 7) is 5.69. The van der Waals surface area contributed by atoms with E-state index in [1.807, 2.05) is 6.92 Å². The van der Waals surface area contributed by atoms with Crippen molar-refractivity contribution in [3.05, 3.63) is 29.8 Å². The quantitative estimate of drug-likeness (QED) is 0.867. The van der Waals surface area contributed by atoms with E-state index in [1.54, 1.807) is 36.2 Å². The van der Waals surface area contributed by atoms with Crippen LogP contribution >= 0.6 is 0 Å². The van der Waals surface area contributed by atoms with Gasteiger partial charge in [-0.15, -0.1) is 0 Å². The van der Waals surface area contributed by atoms with Gasteiger partial charge >= 0.3 is 5.97 Å². The van der Waals surface area contributed by atoms with Crippen molar-refractivity contribution in [3.8, 4) is 5.75 Å². The summed E-state index contributed by atoms with van der Waals surface area (Å²) >= 11 is 0. The molecule has 0 aliphatic carbocycles. The van der Waals surface area contributed by atoms with Crippen molar-refractivity contribution >= 4 is 11.9 Å². The maximum Gasteiger partial charge on any atom is 0.341 e. The zero-order valence-corrected chi connectivity index (χ0v) is 12.3. The van der Waals surface area contributed by atoms with Gasteiger partial charge in [-0.1, -0.05) is 19.9 Å². The van der Waals surface area contributed by atoms with E-state index >= 15 is 0 Å². The molecule has 1 aromatic carbocycles. The van der Waals surface area contributed by atoms with Crippen molar-refractivity contribution in [2.24, 2.45) is 5.92 Å². The molecule has 5 nitrogen and oxygen atoms in total. The number of aliphatic carboxylic acids is 1. The molecule has 1 atom stereocenters. The van der Waals surface area contributed by atoms with Crippen LogP contribution in [0.1, 0.15) is 31.1 Å². The van der Waals surface area contributed by atoms with Crippen LogP contribution in [-0.4, -0.2) is 41.6 Å². The Labute approximate surface area is 119 Å². The molecule has 0 bridgehead atoms. The van der Waals surface area contributed by atoms with Crippen molar-refractivity contribution < 1.29 is 19.4 Å². The fourth-order valence-corrected chi connectivity index (χ4v) is 1.70. The molecule has 0 saturated carbocycles. The third-order valence-electron chi connectivity index (χ3n) is 3.34. The summed E-state index contributed by atoms with van der Waals surface area (Å²) in [5.41, 5.74) is 0.489. The maximum absolute atomic E-state index is 12.3. The number of carboxylic acid groups (broad SMARTS) is 1. The van der Waals surface area contributed by atoms with Gasteiger partial charge in [0.25, 0.3) is 5.91 Å². The fraction of sp³-hybridized carbons (Fsp3) is 0.467. The summed E-state index contributed by atoms with van der Waals surface area (Å²) in [7, 11) is 1.76. The van der Waals surface area contributed by atoms with Gasteiger partial charge in [0.2, 0.25) is 0 Å². The van der Waals surface area contributed by atoms with Crippen LogP contribution in [0.2, 0.25) is 0 Å². The number of rotatable bonds is 6. The predicted molar refractivity (Wildman–Crippen MR) is 76.0 cm³/mol. The van der Waals surface area contributed by atoms with Crippen LogP contribution in [0.3, 0.4) is 0 Å². The van der Waals surface area contributed by atoms with Crippen LogP contribution < -0.4 is 4.74 Å². The molecule has 5 heteroatoms. The van der Waals surface area contributed by atoms with Crippen molar-refractivity contribution in [1.29, 1.82) is 0 Å². The molecule has 1 aromatic rings. The number of amides is 1. The van der Waals surface area contributed by atoms with Gasteiger partial charge in [-0.05, 0) is 31.0 Å². The van der Waals surface area contributed by atoms with E-state index in [4.69, 9.17) is 9.84 Å². The summed E-state index contributed by atoms with van der Waals surface area (Å²) in [5, 5.41) is 8.58. The lowest BCUT2D eigenvalue weighted by molar-refractivity contribution is -0.139. The molecule has 0 aromatic heterocycles. The smallest absolute Gasteiger partial charge is 0.341 e. The van der Waals surface area contributed by atoms with Crippen LogP contribution in [-0.2, 0) is 4.79 Å². The van der Waals surface area contributed by atoms with E-state index in [-0.39, 0.29) is 11.9 Å². The Balaban J connectivity index is 2.83. The van der Waals surface area contributed by atoms with Crippen molar-refractivity contribution in [2.75, 3.05) is 13.7 Å². The van der Waals surface area contributed by atoms with E-state index in [0.717, 1.165) is 0 Å². The second kappa shape index (κ2) is 6.93. The van der Waals surface area contributed by atoms with Crippen LogP contribution in [0.5, 0.6) is 5.75 Å². The van der Waals surface area contributed by atoms with Gasteiger partial charge in [-0.3, -0.25) is 4.79 Å². The lowest BCUT2D eigenvalue weighted by Crippen LogP contribution is -2.38. The molecule has 1 rings (SSSR count). The zero-order chi connectivity index (χ0) is 15.3. The Morgan fingerprint density at radius 2 is 1.95 bits per heavy atom. The Kier molecular flexibility index (Phi) is 5.55. The first kappa shape index (κ1) is 16.0. The highest BCUT2D eigenvalue weighted by atomic mass is 16.5. The number of carbonyl (C=O) groups excluding carboxylic acids is 1. The minimum absolute atomic E-state index is 0.105. The standard InChI is InChI=1S/C15H21NO4/c1-10(2)11(3)16(4)15(19)12-6-5-7-13(8-12)20-9-14(17)18/h5-8,10-11H,9H2,1-4H3,(H,17,18). The number of benzene rings is 1. The average molecular weight is 279 g/mol. The van der Waals surface area contributed by atoms with Gasteiger partial charge in [0.15, 0.2) is 6.61 Å². The zero-order valence-electron chi connectivity index (χ0n) is 12.3. The third-order valence-corrected chi connectivity index (χ3v) is 3.34. The minimum Gasteiger partial charge on any atom is -0.482 e. The molecule has 0 saturated heterocycles. The summed E-state index contributed by atoms with van der Waals surface area (Å²) in [6, 6.07) is 6.68. The summed E-state index contributed by atoms with van der Waals surface area (Å²) in [6.07, 6.45) is 0. The SMILES string of the molecule is CC(C)C(C)N(C)C(=O)c1cccc(OCC(=O)O)c1. The van der Waals surface area contributed by atoms with Crippen molar-refractivity contribution in [3.63, 3.8) is 0 Å². The second-order valence-corrected chi connectivity index (χ2v) is 5.11. The Morgan fingerprint density at radius 1 is 1.30 bits per heavy atom. The molecule has 0 aliphatic rings. The highest BCUT2D eigenvalue weighted by Crippen LogP contribution is 2.17. The Bertz CT molecular complexity index is 485. The fourth-order valence-electron chi connectivity index (χ4n) is 1.70. The molecule has 110 valence electrons. The molecule has 1 amide bonds. The molecule has 0 aliphatic heterocycles. The topological polar surface area (TPSA) is 66.8 Å². The Hall–Kier alpha value is -2.04. The van der Waals surface area contributed by atoms with Crippen LogP contribution in [0.25, 0.3) is 0 Å². The number of ether oxygens (including phenoxy) is 1. The minimum atomic E-state index is -1.05. The second-order valence-electron chi connectivity index (χ2n) is 5.11. The molecule has 0 radical (unpaired) electrons. The lowest BCUT2D eigenvalue weighted by atomic mass is 10.0. The lowest BCUT2D eigenvalue weighted by Gasteiger charge is -2.28.